The van der Waals surface area contributed by atoms with Crippen LogP contribution >= 0.6 is 7.82 Å². The lowest BCUT2D eigenvalue weighted by Crippen LogP contribution is -2.61. The summed E-state index contributed by atoms with van der Waals surface area (Å²) in [6.07, 6.45) is -1.06. The number of carbonyl (C=O) groups is 2. The van der Waals surface area contributed by atoms with Gasteiger partial charge in [-0.05, 0) is 48.9 Å². The number of nitro groups is 1. The van der Waals surface area contributed by atoms with Crippen LogP contribution in [0, 0.1) is 16.0 Å². The molecule has 5 rings (SSSR count). The predicted molar refractivity (Wildman–Crippen MR) is 143 cm³/mol. The fourth-order valence-corrected chi connectivity index (χ4v) is 5.95. The predicted octanol–water partition coefficient (Wildman–Crippen LogP) is 4.74. The lowest BCUT2D eigenvalue weighted by molar-refractivity contribution is -0.384. The van der Waals surface area contributed by atoms with Gasteiger partial charge in [-0.25, -0.2) is 4.79 Å². The molecule has 0 radical (unpaired) electrons. The molecule has 12 nitrogen and oxygen atoms in total. The molecule has 3 aromatic carbocycles. The fourth-order valence-electron chi connectivity index (χ4n) is 4.65. The van der Waals surface area contributed by atoms with Gasteiger partial charge >= 0.3 is 13.8 Å². The topological polar surface area (TPSA) is 155 Å². The number of benzene rings is 3. The molecule has 0 saturated carbocycles. The Balaban J connectivity index is 1.44. The van der Waals surface area contributed by atoms with Gasteiger partial charge in [0, 0.05) is 18.6 Å². The van der Waals surface area contributed by atoms with E-state index >= 15 is 0 Å². The highest BCUT2D eigenvalue weighted by Crippen LogP contribution is 2.55. The molecule has 1 fully saturated rings. The average molecular weight is 580 g/mol. The van der Waals surface area contributed by atoms with Crippen LogP contribution in [0.25, 0.3) is 0 Å². The minimum Gasteiger partial charge on any atom is -0.456 e. The lowest BCUT2D eigenvalue weighted by Gasteiger charge is -2.44. The molecule has 1 saturated heterocycles. The van der Waals surface area contributed by atoms with Crippen LogP contribution in [0.4, 0.5) is 5.69 Å². The molecule has 41 heavy (non-hydrogen) atoms. The molecule has 0 bridgehead atoms. The van der Waals surface area contributed by atoms with E-state index in [1.807, 2.05) is 0 Å². The van der Waals surface area contributed by atoms with E-state index < -0.39 is 42.7 Å². The van der Waals surface area contributed by atoms with Crippen molar-refractivity contribution in [2.45, 2.75) is 32.1 Å². The van der Waals surface area contributed by atoms with E-state index in [1.165, 1.54) is 31.2 Å². The van der Waals surface area contributed by atoms with Gasteiger partial charge in [-0.15, -0.1) is 0 Å². The number of para-hydroxylation sites is 2. The smallest absolute Gasteiger partial charge is 0.456 e. The summed E-state index contributed by atoms with van der Waals surface area (Å²) in [5, 5.41) is 21.1. The van der Waals surface area contributed by atoms with Crippen LogP contribution in [0.15, 0.2) is 96.4 Å². The van der Waals surface area contributed by atoms with Crippen LogP contribution in [0.5, 0.6) is 11.5 Å². The minimum absolute atomic E-state index is 0.0520. The molecule has 0 spiro atoms. The summed E-state index contributed by atoms with van der Waals surface area (Å²) in [6.45, 7) is 1.20. The number of β-lactam (4-membered cyclic amide) rings is 1. The molecule has 212 valence electrons. The van der Waals surface area contributed by atoms with Crippen LogP contribution < -0.4 is 9.05 Å². The standard InChI is InChI=1S/C28H25N2O10P/c1-18(31)25-23-16-24(40-41(36,38-21-8-4-2-5-9-21)39-22-10-6-3-7-11-22)26(29(23)27(25)32)28(33)37-17-19-12-14-20(15-13-19)30(34)35/h2-15,18,23,25,31H,16-17H2,1H3/t18-,23-,25-/m1/s1. The Morgan fingerprint density at radius 2 is 1.56 bits per heavy atom. The van der Waals surface area contributed by atoms with Crippen LogP contribution in [-0.4, -0.2) is 39.0 Å². The molecule has 0 unspecified atom stereocenters. The molecule has 13 heteroatoms. The lowest BCUT2D eigenvalue weighted by atomic mass is 9.83. The van der Waals surface area contributed by atoms with E-state index in [1.54, 1.807) is 60.7 Å². The van der Waals surface area contributed by atoms with Gasteiger partial charge in [-0.3, -0.25) is 19.8 Å². The molecule has 3 atom stereocenters. The molecule has 2 aliphatic heterocycles. The van der Waals surface area contributed by atoms with Gasteiger partial charge in [-0.1, -0.05) is 36.4 Å². The number of ether oxygens (including phenoxy) is 1. The number of nitro benzene ring substituents is 1. The largest absolute Gasteiger partial charge is 0.646 e. The minimum atomic E-state index is -4.50. The molecule has 0 aliphatic carbocycles. The molecular weight excluding hydrogens is 555 g/mol. The number of aliphatic hydroxyl groups is 1. The van der Waals surface area contributed by atoms with Crippen molar-refractivity contribution in [3.05, 3.63) is 112 Å². The maximum absolute atomic E-state index is 14.0. The van der Waals surface area contributed by atoms with Crippen molar-refractivity contribution in [3.8, 4) is 11.5 Å². The van der Waals surface area contributed by atoms with Crippen LogP contribution in [-0.2, 0) is 30.0 Å². The summed E-state index contributed by atoms with van der Waals surface area (Å²) < 4.78 is 36.6. The maximum atomic E-state index is 14.0. The van der Waals surface area contributed by atoms with Crippen molar-refractivity contribution in [2.24, 2.45) is 5.92 Å². The number of esters is 1. The summed E-state index contributed by atoms with van der Waals surface area (Å²) >= 11 is 0. The van der Waals surface area contributed by atoms with Gasteiger partial charge in [0.25, 0.3) is 5.69 Å². The Morgan fingerprint density at radius 3 is 2.07 bits per heavy atom. The fraction of sp³-hybridized carbons (Fsp3) is 0.214. The van der Waals surface area contributed by atoms with Gasteiger partial charge in [-0.2, -0.15) is 4.57 Å². The number of fused-ring (bicyclic) bond motifs is 1. The summed E-state index contributed by atoms with van der Waals surface area (Å²) in [6, 6.07) is 21.1. The third-order valence-corrected chi connectivity index (χ3v) is 7.85. The molecular formula is C28H25N2O10P. The molecule has 3 aromatic rings. The monoisotopic (exact) mass is 580 g/mol. The number of non-ortho nitro benzene ring substituents is 1. The van der Waals surface area contributed by atoms with E-state index in [9.17, 15) is 29.4 Å². The van der Waals surface area contributed by atoms with Gasteiger partial charge in [0.1, 0.15) is 23.9 Å². The Hall–Kier alpha value is -4.67. The zero-order valence-corrected chi connectivity index (χ0v) is 22.6. The Labute approximate surface area is 234 Å². The third kappa shape index (κ3) is 5.93. The first kappa shape index (κ1) is 27.9. The number of amides is 1. The van der Waals surface area contributed by atoms with Crippen LogP contribution in [0.3, 0.4) is 0 Å². The van der Waals surface area contributed by atoms with Gasteiger partial charge in [0.05, 0.1) is 23.0 Å². The SMILES string of the molecule is C[C@@H](O)[C@H]1C(=O)N2C(C(=O)OCc3ccc([N+](=O)[O-])cc3)=C(OP(=O)(Oc3ccccc3)Oc3ccccc3)C[C@H]12. The van der Waals surface area contributed by atoms with Crippen LogP contribution in [0.2, 0.25) is 0 Å². The highest BCUT2D eigenvalue weighted by molar-refractivity contribution is 7.49. The summed E-state index contributed by atoms with van der Waals surface area (Å²) in [4.78, 5) is 37.8. The van der Waals surface area contributed by atoms with Gasteiger partial charge in [0.2, 0.25) is 5.91 Å². The summed E-state index contributed by atoms with van der Waals surface area (Å²) in [5.41, 5.74) is 0.0521. The number of nitrogens with zero attached hydrogens (tertiary/aromatic N) is 2. The first-order valence-corrected chi connectivity index (χ1v) is 14.0. The Morgan fingerprint density at radius 1 is 1.00 bits per heavy atom. The van der Waals surface area contributed by atoms with E-state index in [0.717, 1.165) is 4.90 Å². The van der Waals surface area contributed by atoms with Crippen molar-refractivity contribution in [1.29, 1.82) is 0 Å². The second-order valence-electron chi connectivity index (χ2n) is 9.36. The van der Waals surface area contributed by atoms with E-state index in [2.05, 4.69) is 0 Å². The molecule has 2 aliphatic rings. The average Bonchev–Trinajstić information content (AvgIpc) is 3.25. The number of hydrogen-bond donors (Lipinski definition) is 1. The molecule has 2 heterocycles. The van der Waals surface area contributed by atoms with Crippen molar-refractivity contribution in [2.75, 3.05) is 0 Å². The first-order valence-electron chi connectivity index (χ1n) is 12.6. The number of hydrogen-bond acceptors (Lipinski definition) is 10. The normalized spacial score (nSPS) is 18.7. The second-order valence-corrected chi connectivity index (χ2v) is 10.8. The third-order valence-electron chi connectivity index (χ3n) is 6.54. The molecule has 0 aromatic heterocycles. The molecule has 1 N–H and O–H groups in total. The number of phosphoric ester groups is 1. The summed E-state index contributed by atoms with van der Waals surface area (Å²) in [7, 11) is -4.50. The van der Waals surface area contributed by atoms with Gasteiger partial charge < -0.3 is 23.4 Å². The van der Waals surface area contributed by atoms with Crippen molar-refractivity contribution < 1.29 is 42.5 Å². The van der Waals surface area contributed by atoms with Gasteiger partial charge in [0.15, 0.2) is 5.70 Å². The van der Waals surface area contributed by atoms with Crippen molar-refractivity contribution in [1.82, 2.24) is 4.90 Å². The van der Waals surface area contributed by atoms with E-state index in [0.29, 0.717) is 5.56 Å². The number of rotatable bonds is 11. The first-order chi connectivity index (χ1) is 19.6. The van der Waals surface area contributed by atoms with E-state index in [-0.39, 0.29) is 41.7 Å². The zero-order chi connectivity index (χ0) is 29.1. The quantitative estimate of drug-likeness (QED) is 0.111. The van der Waals surface area contributed by atoms with E-state index in [4.69, 9.17) is 18.3 Å². The number of carbonyl (C=O) groups excluding carboxylic acids is 2. The molecule has 1 amide bonds. The Bertz CT molecular complexity index is 1480. The van der Waals surface area contributed by atoms with Crippen LogP contribution in [0.1, 0.15) is 18.9 Å². The highest BCUT2D eigenvalue weighted by Gasteiger charge is 2.59. The zero-order valence-electron chi connectivity index (χ0n) is 21.7. The summed E-state index contributed by atoms with van der Waals surface area (Å²) in [5.74, 6) is -2.09. The van der Waals surface area contributed by atoms with Crippen molar-refractivity contribution in [3.63, 3.8) is 0 Å². The number of aliphatic hydroxyl groups excluding tert-OH is 1. The maximum Gasteiger partial charge on any atom is 0.646 e. The van der Waals surface area contributed by atoms with Crippen molar-refractivity contribution >= 4 is 25.4 Å². The number of phosphoric acid groups is 1. The highest BCUT2D eigenvalue weighted by atomic mass is 31.2. The Kier molecular flexibility index (Phi) is 7.78. The second kappa shape index (κ2) is 11.4.